The predicted octanol–water partition coefficient (Wildman–Crippen LogP) is 4.31. The summed E-state index contributed by atoms with van der Waals surface area (Å²) in [6.45, 7) is 8.32. The van der Waals surface area contributed by atoms with Crippen molar-refractivity contribution < 1.29 is 4.39 Å². The van der Waals surface area contributed by atoms with Gasteiger partial charge in [0.05, 0.1) is 10.7 Å². The Morgan fingerprint density at radius 1 is 1.11 bits per heavy atom. The van der Waals surface area contributed by atoms with E-state index in [2.05, 4.69) is 31.1 Å². The second-order valence-corrected chi connectivity index (χ2v) is 6.24. The van der Waals surface area contributed by atoms with E-state index in [1.165, 1.54) is 17.0 Å². The van der Waals surface area contributed by atoms with Crippen LogP contribution in [-0.4, -0.2) is 4.98 Å². The molecule has 0 radical (unpaired) electrons. The molecule has 102 valence electrons. The maximum Gasteiger partial charge on any atom is 0.123 e. The lowest BCUT2D eigenvalue weighted by Gasteiger charge is -2.19. The van der Waals surface area contributed by atoms with Crippen LogP contribution in [0.4, 0.5) is 4.39 Å². The van der Waals surface area contributed by atoms with Crippen molar-refractivity contribution in [3.8, 4) is 0 Å². The fourth-order valence-corrected chi connectivity index (χ4v) is 3.16. The van der Waals surface area contributed by atoms with Crippen LogP contribution in [0.3, 0.4) is 0 Å². The maximum atomic E-state index is 12.9. The first-order valence-electron chi connectivity index (χ1n) is 6.43. The molecule has 0 aliphatic heterocycles. The highest BCUT2D eigenvalue weighted by atomic mass is 32.1. The zero-order valence-electron chi connectivity index (χ0n) is 11.7. The van der Waals surface area contributed by atoms with Gasteiger partial charge in [0.2, 0.25) is 0 Å². The highest BCUT2D eigenvalue weighted by Crippen LogP contribution is 2.25. The van der Waals surface area contributed by atoms with Crippen LogP contribution in [-0.2, 0) is 0 Å². The van der Waals surface area contributed by atoms with Crippen molar-refractivity contribution in [2.75, 3.05) is 0 Å². The molecule has 4 heteroatoms. The van der Waals surface area contributed by atoms with Crippen LogP contribution in [0.1, 0.15) is 47.1 Å². The van der Waals surface area contributed by atoms with Gasteiger partial charge in [-0.1, -0.05) is 12.1 Å². The number of hydrogen-bond acceptors (Lipinski definition) is 3. The van der Waals surface area contributed by atoms with Crippen molar-refractivity contribution >= 4 is 11.3 Å². The molecular formula is C15H19FN2S. The number of nitrogens with one attached hydrogen (secondary N) is 1. The van der Waals surface area contributed by atoms with E-state index in [9.17, 15) is 4.39 Å². The number of aryl methyl sites for hydroxylation is 2. The molecule has 2 atom stereocenters. The van der Waals surface area contributed by atoms with E-state index >= 15 is 0 Å². The number of aromatic nitrogens is 1. The van der Waals surface area contributed by atoms with Crippen molar-refractivity contribution in [2.24, 2.45) is 0 Å². The summed E-state index contributed by atoms with van der Waals surface area (Å²) in [5.41, 5.74) is 2.19. The molecule has 1 unspecified atom stereocenters. The number of rotatable bonds is 4. The molecule has 0 aliphatic rings. The van der Waals surface area contributed by atoms with E-state index in [-0.39, 0.29) is 17.9 Å². The third kappa shape index (κ3) is 3.39. The largest absolute Gasteiger partial charge is 0.302 e. The van der Waals surface area contributed by atoms with Crippen LogP contribution in [0.5, 0.6) is 0 Å². The van der Waals surface area contributed by atoms with E-state index in [1.807, 2.05) is 19.1 Å². The summed E-state index contributed by atoms with van der Waals surface area (Å²) < 4.78 is 12.9. The average molecular weight is 278 g/mol. The van der Waals surface area contributed by atoms with Crippen molar-refractivity contribution in [3.05, 3.63) is 51.2 Å². The van der Waals surface area contributed by atoms with Crippen LogP contribution in [0.2, 0.25) is 0 Å². The molecule has 1 aromatic heterocycles. The first kappa shape index (κ1) is 14.2. The molecule has 1 N–H and O–H groups in total. The second kappa shape index (κ2) is 5.80. The van der Waals surface area contributed by atoms with Crippen molar-refractivity contribution in [2.45, 2.75) is 39.8 Å². The molecular weight excluding hydrogens is 259 g/mol. The van der Waals surface area contributed by atoms with Crippen molar-refractivity contribution in [1.82, 2.24) is 10.3 Å². The standard InChI is InChI=1S/C15H19FN2S/c1-9(13-5-7-14(16)8-6-13)17-10(2)15-11(3)19-12(4)18-15/h5-10,17H,1-4H3/t9-,10?/m1/s1. The van der Waals surface area contributed by atoms with Crippen LogP contribution in [0.15, 0.2) is 24.3 Å². The lowest BCUT2D eigenvalue weighted by atomic mass is 10.1. The minimum atomic E-state index is -0.199. The minimum Gasteiger partial charge on any atom is -0.302 e. The smallest absolute Gasteiger partial charge is 0.123 e. The molecule has 2 aromatic rings. The Morgan fingerprint density at radius 2 is 1.74 bits per heavy atom. The van der Waals surface area contributed by atoms with Gasteiger partial charge in [0.25, 0.3) is 0 Å². The SMILES string of the molecule is Cc1nc(C(C)N[C@H](C)c2ccc(F)cc2)c(C)s1. The summed E-state index contributed by atoms with van der Waals surface area (Å²) >= 11 is 1.72. The Kier molecular flexibility index (Phi) is 4.32. The number of benzene rings is 1. The number of thiazole rings is 1. The van der Waals surface area contributed by atoms with Crippen LogP contribution in [0, 0.1) is 19.7 Å². The van der Waals surface area contributed by atoms with Gasteiger partial charge in [-0.3, -0.25) is 0 Å². The second-order valence-electron chi connectivity index (χ2n) is 4.84. The molecule has 0 fully saturated rings. The third-order valence-corrected chi connectivity index (χ3v) is 4.12. The zero-order valence-corrected chi connectivity index (χ0v) is 12.5. The number of halogens is 1. The topological polar surface area (TPSA) is 24.9 Å². The first-order chi connectivity index (χ1) is 8.97. The summed E-state index contributed by atoms with van der Waals surface area (Å²) in [7, 11) is 0. The summed E-state index contributed by atoms with van der Waals surface area (Å²) in [5.74, 6) is -0.199. The van der Waals surface area contributed by atoms with E-state index in [4.69, 9.17) is 0 Å². The van der Waals surface area contributed by atoms with E-state index in [1.54, 1.807) is 11.3 Å². The Labute approximate surface area is 117 Å². The van der Waals surface area contributed by atoms with Crippen LogP contribution >= 0.6 is 11.3 Å². The van der Waals surface area contributed by atoms with Crippen molar-refractivity contribution in [3.63, 3.8) is 0 Å². The molecule has 0 spiro atoms. The third-order valence-electron chi connectivity index (χ3n) is 3.22. The van der Waals surface area contributed by atoms with Gasteiger partial charge in [-0.15, -0.1) is 11.3 Å². The lowest BCUT2D eigenvalue weighted by Crippen LogP contribution is -2.23. The van der Waals surface area contributed by atoms with Gasteiger partial charge in [0.1, 0.15) is 5.82 Å². The molecule has 1 aromatic carbocycles. The molecule has 1 heterocycles. The Bertz CT molecular complexity index is 548. The predicted molar refractivity (Wildman–Crippen MR) is 78.0 cm³/mol. The number of hydrogen-bond donors (Lipinski definition) is 1. The van der Waals surface area contributed by atoms with Gasteiger partial charge in [0.15, 0.2) is 0 Å². The zero-order chi connectivity index (χ0) is 14.0. The van der Waals surface area contributed by atoms with Gasteiger partial charge >= 0.3 is 0 Å². The minimum absolute atomic E-state index is 0.164. The highest BCUT2D eigenvalue weighted by Gasteiger charge is 2.16. The summed E-state index contributed by atoms with van der Waals surface area (Å²) in [6, 6.07) is 6.98. The molecule has 2 nitrogen and oxygen atoms in total. The lowest BCUT2D eigenvalue weighted by molar-refractivity contribution is 0.485. The summed E-state index contributed by atoms with van der Waals surface area (Å²) in [4.78, 5) is 5.82. The molecule has 0 aliphatic carbocycles. The molecule has 19 heavy (non-hydrogen) atoms. The van der Waals surface area contributed by atoms with Gasteiger partial charge < -0.3 is 5.32 Å². The van der Waals surface area contributed by atoms with E-state index in [0.717, 1.165) is 16.3 Å². The van der Waals surface area contributed by atoms with Gasteiger partial charge in [0, 0.05) is 17.0 Å². The fourth-order valence-electron chi connectivity index (χ4n) is 2.25. The van der Waals surface area contributed by atoms with Crippen molar-refractivity contribution in [1.29, 1.82) is 0 Å². The van der Waals surface area contributed by atoms with Gasteiger partial charge in [-0.25, -0.2) is 9.37 Å². The Balaban J connectivity index is 2.08. The number of nitrogens with zero attached hydrogens (tertiary/aromatic N) is 1. The summed E-state index contributed by atoms with van der Waals surface area (Å²) in [6.07, 6.45) is 0. The maximum absolute atomic E-state index is 12.9. The van der Waals surface area contributed by atoms with E-state index in [0.29, 0.717) is 0 Å². The van der Waals surface area contributed by atoms with Gasteiger partial charge in [-0.2, -0.15) is 0 Å². The summed E-state index contributed by atoms with van der Waals surface area (Å²) in [5, 5.41) is 4.60. The van der Waals surface area contributed by atoms with Crippen LogP contribution in [0.25, 0.3) is 0 Å². The Morgan fingerprint density at radius 3 is 2.26 bits per heavy atom. The van der Waals surface area contributed by atoms with E-state index < -0.39 is 0 Å². The average Bonchev–Trinajstić information content (AvgIpc) is 2.69. The Hall–Kier alpha value is -1.26. The van der Waals surface area contributed by atoms with Gasteiger partial charge in [-0.05, 0) is 45.4 Å². The molecule has 0 saturated heterocycles. The quantitative estimate of drug-likeness (QED) is 0.901. The normalized spacial score (nSPS) is 14.4. The van der Waals surface area contributed by atoms with Crippen LogP contribution < -0.4 is 5.32 Å². The molecule has 2 rings (SSSR count). The fraction of sp³-hybridized carbons (Fsp3) is 0.400. The molecule has 0 amide bonds. The highest BCUT2D eigenvalue weighted by molar-refractivity contribution is 7.11. The molecule has 0 saturated carbocycles. The monoisotopic (exact) mass is 278 g/mol. The molecule has 0 bridgehead atoms. The first-order valence-corrected chi connectivity index (χ1v) is 7.24.